The number of ether oxygens (including phenoxy) is 3. The molecular weight excluding hydrogens is 470 g/mol. The van der Waals surface area contributed by atoms with Gasteiger partial charge in [-0.2, -0.15) is 0 Å². The molecule has 0 radical (unpaired) electrons. The Balaban J connectivity index is 1.61. The molecule has 2 aliphatic heterocycles. The number of nitrogens with zero attached hydrogens (tertiary/aromatic N) is 1. The van der Waals surface area contributed by atoms with Crippen LogP contribution in [-0.2, 0) is 9.53 Å². The second kappa shape index (κ2) is 10.2. The van der Waals surface area contributed by atoms with Gasteiger partial charge in [0.2, 0.25) is 5.91 Å². The summed E-state index contributed by atoms with van der Waals surface area (Å²) in [5, 5.41) is 0. The molecule has 192 valence electrons. The maximum Gasteiger partial charge on any atom is 0.338 e. The summed E-state index contributed by atoms with van der Waals surface area (Å²) in [6.45, 7) is 4.12. The summed E-state index contributed by atoms with van der Waals surface area (Å²) in [5.41, 5.74) is 10.9. The predicted molar refractivity (Wildman–Crippen MR) is 140 cm³/mol. The van der Waals surface area contributed by atoms with E-state index in [1.807, 2.05) is 23.1 Å². The number of benzene rings is 3. The molecule has 4 unspecified atom stereocenters. The molecule has 3 aromatic carbocycles. The number of nitrogens with one attached hydrogen (secondary N) is 2. The van der Waals surface area contributed by atoms with Crippen molar-refractivity contribution in [3.63, 3.8) is 0 Å². The Labute approximate surface area is 216 Å². The van der Waals surface area contributed by atoms with E-state index in [2.05, 4.69) is 42.0 Å². The largest absolute Gasteiger partial charge is 0.497 e. The maximum absolute atomic E-state index is 13.9. The third-order valence-electron chi connectivity index (χ3n) is 7.16. The lowest BCUT2D eigenvalue weighted by Crippen LogP contribution is -2.41. The maximum atomic E-state index is 13.9. The number of hydrazine groups is 1. The van der Waals surface area contributed by atoms with Crippen LogP contribution in [0.4, 0.5) is 5.69 Å². The first kappa shape index (κ1) is 24.8. The van der Waals surface area contributed by atoms with E-state index in [0.717, 1.165) is 11.1 Å². The fourth-order valence-electron chi connectivity index (χ4n) is 5.36. The highest BCUT2D eigenvalue weighted by molar-refractivity contribution is 6.02. The number of carbonyl (C=O) groups excluding carboxylic acids is 2. The number of hydrogen-bond acceptors (Lipinski definition) is 7. The SMILES string of the molecule is CCOC(=O)c1ccc(N2C(=O)C3NNC(c4ccc(C)cc4)C3C2c2ccc(OC)cc2OC)cc1. The van der Waals surface area contributed by atoms with Gasteiger partial charge in [0, 0.05) is 23.2 Å². The predicted octanol–water partition coefficient (Wildman–Crippen LogP) is 4.11. The smallest absolute Gasteiger partial charge is 0.338 e. The number of rotatable bonds is 7. The molecule has 2 saturated heterocycles. The lowest BCUT2D eigenvalue weighted by Gasteiger charge is -2.32. The molecule has 4 atom stereocenters. The monoisotopic (exact) mass is 501 g/mol. The van der Waals surface area contributed by atoms with Gasteiger partial charge in [-0.15, -0.1) is 0 Å². The van der Waals surface area contributed by atoms with Crippen LogP contribution in [0, 0.1) is 12.8 Å². The van der Waals surface area contributed by atoms with Crippen LogP contribution in [0.2, 0.25) is 0 Å². The Hall–Kier alpha value is -3.88. The van der Waals surface area contributed by atoms with Gasteiger partial charge in [-0.25, -0.2) is 15.6 Å². The quantitative estimate of drug-likeness (QED) is 0.471. The summed E-state index contributed by atoms with van der Waals surface area (Å²) in [7, 11) is 3.23. The molecule has 2 N–H and O–H groups in total. The molecule has 0 bridgehead atoms. The standard InChI is InChI=1S/C29H31N3O5/c1-5-37-29(34)19-10-12-20(13-11-19)32-27(22-15-14-21(35-3)16-23(22)36-4)24-25(30-31-26(24)28(32)33)18-8-6-17(2)7-9-18/h6-16,24-27,30-31H,5H2,1-4H3. The highest BCUT2D eigenvalue weighted by Crippen LogP contribution is 2.51. The third-order valence-corrected chi connectivity index (χ3v) is 7.16. The van der Waals surface area contributed by atoms with Gasteiger partial charge in [-0.05, 0) is 55.8 Å². The van der Waals surface area contributed by atoms with Crippen molar-refractivity contribution in [2.45, 2.75) is 32.0 Å². The van der Waals surface area contributed by atoms with Gasteiger partial charge in [0.05, 0.1) is 38.5 Å². The number of carbonyl (C=O) groups is 2. The minimum absolute atomic E-state index is 0.0566. The van der Waals surface area contributed by atoms with Crippen LogP contribution < -0.4 is 25.2 Å². The second-order valence-corrected chi connectivity index (χ2v) is 9.26. The van der Waals surface area contributed by atoms with E-state index in [-0.39, 0.29) is 23.9 Å². The lowest BCUT2D eigenvalue weighted by molar-refractivity contribution is -0.119. The first-order chi connectivity index (χ1) is 18.0. The number of anilines is 1. The normalized spacial score (nSPS) is 22.6. The molecule has 2 heterocycles. The number of esters is 1. The summed E-state index contributed by atoms with van der Waals surface area (Å²) >= 11 is 0. The minimum Gasteiger partial charge on any atom is -0.497 e. The van der Waals surface area contributed by atoms with Crippen LogP contribution in [0.15, 0.2) is 66.7 Å². The number of aryl methyl sites for hydroxylation is 1. The average Bonchev–Trinajstić information content (AvgIpc) is 3.48. The molecule has 37 heavy (non-hydrogen) atoms. The van der Waals surface area contributed by atoms with E-state index < -0.39 is 12.0 Å². The van der Waals surface area contributed by atoms with Crippen LogP contribution >= 0.6 is 0 Å². The molecule has 0 spiro atoms. The Morgan fingerprint density at radius 3 is 2.27 bits per heavy atom. The van der Waals surface area contributed by atoms with Gasteiger partial charge in [0.15, 0.2) is 0 Å². The summed E-state index contributed by atoms with van der Waals surface area (Å²) in [4.78, 5) is 27.9. The van der Waals surface area contributed by atoms with Gasteiger partial charge >= 0.3 is 5.97 Å². The van der Waals surface area contributed by atoms with Crippen molar-refractivity contribution in [1.29, 1.82) is 0 Å². The molecule has 2 aliphatic rings. The first-order valence-electron chi connectivity index (χ1n) is 12.4. The van der Waals surface area contributed by atoms with Gasteiger partial charge in [-0.3, -0.25) is 4.79 Å². The molecule has 0 saturated carbocycles. The highest BCUT2D eigenvalue weighted by atomic mass is 16.5. The molecule has 0 aromatic heterocycles. The Morgan fingerprint density at radius 1 is 0.919 bits per heavy atom. The van der Waals surface area contributed by atoms with Crippen molar-refractivity contribution in [3.8, 4) is 11.5 Å². The Bertz CT molecular complexity index is 1290. The van der Waals surface area contributed by atoms with Gasteiger partial charge in [-0.1, -0.05) is 29.8 Å². The summed E-state index contributed by atoms with van der Waals surface area (Å²) in [5.74, 6) is 0.725. The zero-order chi connectivity index (χ0) is 26.1. The number of fused-ring (bicyclic) bond motifs is 1. The van der Waals surface area contributed by atoms with Crippen molar-refractivity contribution in [3.05, 3.63) is 89.0 Å². The van der Waals surface area contributed by atoms with Crippen molar-refractivity contribution in [2.24, 2.45) is 5.92 Å². The van der Waals surface area contributed by atoms with Crippen LogP contribution in [-0.4, -0.2) is 38.7 Å². The van der Waals surface area contributed by atoms with Crippen LogP contribution in [0.5, 0.6) is 11.5 Å². The van der Waals surface area contributed by atoms with Crippen LogP contribution in [0.25, 0.3) is 0 Å². The van der Waals surface area contributed by atoms with Gasteiger partial charge < -0.3 is 19.1 Å². The van der Waals surface area contributed by atoms with E-state index in [9.17, 15) is 9.59 Å². The molecule has 8 heteroatoms. The molecular formula is C29H31N3O5. The Morgan fingerprint density at radius 2 is 1.62 bits per heavy atom. The van der Waals surface area contributed by atoms with Gasteiger partial charge in [0.1, 0.15) is 17.5 Å². The Kier molecular flexibility index (Phi) is 6.86. The second-order valence-electron chi connectivity index (χ2n) is 9.26. The summed E-state index contributed by atoms with van der Waals surface area (Å²) < 4.78 is 16.3. The summed E-state index contributed by atoms with van der Waals surface area (Å²) in [6.07, 6.45) is 0. The lowest BCUT2D eigenvalue weighted by atomic mass is 9.83. The van der Waals surface area contributed by atoms with Crippen molar-refractivity contribution < 1.29 is 23.8 Å². The van der Waals surface area contributed by atoms with Crippen LogP contribution in [0.1, 0.15) is 46.1 Å². The number of amides is 1. The molecule has 3 aromatic rings. The first-order valence-corrected chi connectivity index (χ1v) is 12.4. The average molecular weight is 502 g/mol. The minimum atomic E-state index is -0.451. The fraction of sp³-hybridized carbons (Fsp3) is 0.310. The van der Waals surface area contributed by atoms with Crippen molar-refractivity contribution >= 4 is 17.6 Å². The molecule has 1 amide bonds. The zero-order valence-electron chi connectivity index (χ0n) is 21.4. The van der Waals surface area contributed by atoms with E-state index in [1.54, 1.807) is 45.4 Å². The van der Waals surface area contributed by atoms with E-state index in [0.29, 0.717) is 29.4 Å². The molecule has 0 aliphatic carbocycles. The topological polar surface area (TPSA) is 89.1 Å². The summed E-state index contributed by atoms with van der Waals surface area (Å²) in [6, 6.07) is 20.1. The zero-order valence-corrected chi connectivity index (χ0v) is 21.4. The molecule has 8 nitrogen and oxygen atoms in total. The van der Waals surface area contributed by atoms with Gasteiger partial charge in [0.25, 0.3) is 0 Å². The van der Waals surface area contributed by atoms with E-state index >= 15 is 0 Å². The molecule has 2 fully saturated rings. The fourth-order valence-corrected chi connectivity index (χ4v) is 5.36. The number of methoxy groups -OCH3 is 2. The van der Waals surface area contributed by atoms with E-state index in [1.165, 1.54) is 5.56 Å². The van der Waals surface area contributed by atoms with Crippen molar-refractivity contribution in [2.75, 3.05) is 25.7 Å². The van der Waals surface area contributed by atoms with E-state index in [4.69, 9.17) is 14.2 Å². The third kappa shape index (κ3) is 4.43. The van der Waals surface area contributed by atoms with Crippen molar-refractivity contribution in [1.82, 2.24) is 10.9 Å². The molecule has 5 rings (SSSR count). The number of hydrogen-bond donors (Lipinski definition) is 2. The van der Waals surface area contributed by atoms with Crippen LogP contribution in [0.3, 0.4) is 0 Å². The highest BCUT2D eigenvalue weighted by Gasteiger charge is 2.56.